The molecule has 4 saturated carbocycles. The van der Waals surface area contributed by atoms with E-state index in [1.165, 1.54) is 38.5 Å². The number of rotatable bonds is 12. The van der Waals surface area contributed by atoms with E-state index in [1.54, 1.807) is 0 Å². The molecule has 266 valence electrons. The molecule has 49 heavy (non-hydrogen) atoms. The SMILES string of the molecule is C[C@@H](CCC(=O)OCc1ccccc1)[C@H]1CC[C@H]2[C@@H]3CC[C@@H]4C[C@H](OC(=O)CNC(=O)[C@@H](N)Cc5ccccc5)CC[C@]4(C)[C@H]3CC[C@]12C. The van der Waals surface area contributed by atoms with E-state index in [0.29, 0.717) is 42.6 Å². The summed E-state index contributed by atoms with van der Waals surface area (Å²) in [6, 6.07) is 18.9. The zero-order chi connectivity index (χ0) is 34.6. The average Bonchev–Trinajstić information content (AvgIpc) is 3.47. The lowest BCUT2D eigenvalue weighted by molar-refractivity contribution is -0.162. The van der Waals surface area contributed by atoms with Crippen molar-refractivity contribution in [3.63, 3.8) is 0 Å². The molecule has 4 aliphatic carbocycles. The summed E-state index contributed by atoms with van der Waals surface area (Å²) in [7, 11) is 0. The van der Waals surface area contributed by atoms with E-state index >= 15 is 0 Å². The number of nitrogens with two attached hydrogens (primary N) is 1. The molecule has 0 saturated heterocycles. The van der Waals surface area contributed by atoms with E-state index in [4.69, 9.17) is 15.2 Å². The molecule has 10 atom stereocenters. The largest absolute Gasteiger partial charge is 0.461 e. The fraction of sp³-hybridized carbons (Fsp3) is 0.643. The van der Waals surface area contributed by atoms with Crippen molar-refractivity contribution in [3.8, 4) is 0 Å². The summed E-state index contributed by atoms with van der Waals surface area (Å²) in [4.78, 5) is 37.9. The summed E-state index contributed by atoms with van der Waals surface area (Å²) in [6.07, 6.45) is 12.3. The Morgan fingerprint density at radius 1 is 0.837 bits per heavy atom. The topological polar surface area (TPSA) is 108 Å². The van der Waals surface area contributed by atoms with Crippen LogP contribution in [0.25, 0.3) is 0 Å². The first kappa shape index (κ1) is 35.6. The Morgan fingerprint density at radius 3 is 2.24 bits per heavy atom. The van der Waals surface area contributed by atoms with Gasteiger partial charge < -0.3 is 20.5 Å². The van der Waals surface area contributed by atoms with Crippen LogP contribution in [0.3, 0.4) is 0 Å². The number of ether oxygens (including phenoxy) is 2. The van der Waals surface area contributed by atoms with Gasteiger partial charge in [0.2, 0.25) is 5.91 Å². The second-order valence-corrected chi connectivity index (χ2v) is 16.4. The summed E-state index contributed by atoms with van der Waals surface area (Å²) < 4.78 is 11.5. The number of fused-ring (bicyclic) bond motifs is 5. The van der Waals surface area contributed by atoms with E-state index < -0.39 is 6.04 Å². The number of carbonyl (C=O) groups is 3. The van der Waals surface area contributed by atoms with Crippen LogP contribution in [0.4, 0.5) is 0 Å². The third kappa shape index (κ3) is 7.92. The van der Waals surface area contributed by atoms with Crippen LogP contribution in [-0.4, -0.2) is 36.5 Å². The third-order valence-corrected chi connectivity index (χ3v) is 13.8. The van der Waals surface area contributed by atoms with E-state index in [2.05, 4.69) is 26.1 Å². The summed E-state index contributed by atoms with van der Waals surface area (Å²) in [5, 5.41) is 2.69. The molecule has 0 aromatic heterocycles. The van der Waals surface area contributed by atoms with Crippen molar-refractivity contribution in [1.29, 1.82) is 0 Å². The number of nitrogens with one attached hydrogen (secondary N) is 1. The highest BCUT2D eigenvalue weighted by Gasteiger charge is 2.60. The van der Waals surface area contributed by atoms with Gasteiger partial charge in [0, 0.05) is 6.42 Å². The summed E-state index contributed by atoms with van der Waals surface area (Å²) in [5.74, 6) is 3.21. The maximum absolute atomic E-state index is 12.8. The third-order valence-electron chi connectivity index (χ3n) is 13.8. The smallest absolute Gasteiger partial charge is 0.325 e. The van der Waals surface area contributed by atoms with Crippen molar-refractivity contribution in [3.05, 3.63) is 71.8 Å². The highest BCUT2D eigenvalue weighted by Crippen LogP contribution is 2.68. The Balaban J connectivity index is 0.962. The van der Waals surface area contributed by atoms with Crippen molar-refractivity contribution < 1.29 is 23.9 Å². The van der Waals surface area contributed by atoms with Gasteiger partial charge in [-0.1, -0.05) is 81.4 Å². The maximum atomic E-state index is 12.8. The maximum Gasteiger partial charge on any atom is 0.325 e. The van der Waals surface area contributed by atoms with Gasteiger partial charge in [0.25, 0.3) is 0 Å². The first-order chi connectivity index (χ1) is 23.6. The molecule has 6 rings (SSSR count). The molecule has 0 bridgehead atoms. The Hall–Kier alpha value is -3.19. The van der Waals surface area contributed by atoms with E-state index in [0.717, 1.165) is 54.6 Å². The van der Waals surface area contributed by atoms with Gasteiger partial charge in [0.1, 0.15) is 19.3 Å². The highest BCUT2D eigenvalue weighted by molar-refractivity contribution is 5.85. The Morgan fingerprint density at radius 2 is 1.51 bits per heavy atom. The van der Waals surface area contributed by atoms with Crippen molar-refractivity contribution in [1.82, 2.24) is 5.32 Å². The number of hydrogen-bond donors (Lipinski definition) is 2. The molecule has 0 spiro atoms. The van der Waals surface area contributed by atoms with Gasteiger partial charge in [-0.15, -0.1) is 0 Å². The molecule has 3 N–H and O–H groups in total. The molecule has 2 aromatic carbocycles. The fourth-order valence-electron chi connectivity index (χ4n) is 11.1. The second kappa shape index (κ2) is 15.4. The van der Waals surface area contributed by atoms with Crippen LogP contribution in [-0.2, 0) is 36.9 Å². The van der Waals surface area contributed by atoms with Crippen LogP contribution in [0.1, 0.15) is 103 Å². The minimum absolute atomic E-state index is 0.0815. The van der Waals surface area contributed by atoms with E-state index in [1.807, 2.05) is 60.7 Å². The highest BCUT2D eigenvalue weighted by atomic mass is 16.5. The van der Waals surface area contributed by atoms with E-state index in [-0.39, 0.29) is 35.9 Å². The van der Waals surface area contributed by atoms with Crippen LogP contribution < -0.4 is 11.1 Å². The lowest BCUT2D eigenvalue weighted by Crippen LogP contribution is -2.54. The number of amides is 1. The average molecular weight is 671 g/mol. The van der Waals surface area contributed by atoms with Crippen molar-refractivity contribution in [2.24, 2.45) is 52.1 Å². The van der Waals surface area contributed by atoms with Crippen LogP contribution in [0.15, 0.2) is 60.7 Å². The minimum atomic E-state index is -0.703. The molecule has 0 aliphatic heterocycles. The predicted molar refractivity (Wildman–Crippen MR) is 191 cm³/mol. The lowest BCUT2D eigenvalue weighted by Gasteiger charge is -2.61. The molecule has 7 heteroatoms. The van der Waals surface area contributed by atoms with Crippen LogP contribution in [0, 0.1) is 46.3 Å². The Kier molecular flexibility index (Phi) is 11.2. The van der Waals surface area contributed by atoms with Gasteiger partial charge in [-0.3, -0.25) is 14.4 Å². The van der Waals surface area contributed by atoms with Crippen molar-refractivity contribution in [2.45, 2.75) is 117 Å². The molecular formula is C42H58N2O5. The first-order valence-corrected chi connectivity index (χ1v) is 19.0. The second-order valence-electron chi connectivity index (χ2n) is 16.4. The standard InChI is InChI=1S/C42H58N2O5/c1-28(14-19-38(45)48-27-30-12-8-5-9-13-30)34-17-18-35-33-16-15-31-25-32(20-22-41(31,2)36(33)21-23-42(34,35)3)49-39(46)26-44-40(47)37(43)24-29-10-6-4-7-11-29/h4-13,28,31-37H,14-27,43H2,1-3H3,(H,44,47)/t28-,31+,32+,33-,34+,35-,36-,37-,41-,42+/m0/s1. The summed E-state index contributed by atoms with van der Waals surface area (Å²) >= 11 is 0. The van der Waals surface area contributed by atoms with Gasteiger partial charge in [-0.2, -0.15) is 0 Å². The van der Waals surface area contributed by atoms with Crippen LogP contribution >= 0.6 is 0 Å². The quantitative estimate of drug-likeness (QED) is 0.228. The fourth-order valence-corrected chi connectivity index (χ4v) is 11.1. The number of hydrogen-bond acceptors (Lipinski definition) is 6. The molecule has 4 aliphatic rings. The first-order valence-electron chi connectivity index (χ1n) is 19.0. The zero-order valence-corrected chi connectivity index (χ0v) is 29.9. The monoisotopic (exact) mass is 670 g/mol. The normalized spacial score (nSPS) is 33.2. The molecule has 4 fully saturated rings. The molecule has 0 unspecified atom stereocenters. The molecule has 0 heterocycles. The van der Waals surface area contributed by atoms with Gasteiger partial charge in [-0.25, -0.2) is 0 Å². The molecule has 0 radical (unpaired) electrons. The van der Waals surface area contributed by atoms with Gasteiger partial charge in [0.05, 0.1) is 6.04 Å². The molecule has 2 aromatic rings. The van der Waals surface area contributed by atoms with Crippen LogP contribution in [0.2, 0.25) is 0 Å². The van der Waals surface area contributed by atoms with Crippen LogP contribution in [0.5, 0.6) is 0 Å². The van der Waals surface area contributed by atoms with Gasteiger partial charge in [0.15, 0.2) is 0 Å². The zero-order valence-electron chi connectivity index (χ0n) is 29.9. The van der Waals surface area contributed by atoms with Gasteiger partial charge in [-0.05, 0) is 128 Å². The summed E-state index contributed by atoms with van der Waals surface area (Å²) in [5.41, 5.74) is 8.75. The number of benzene rings is 2. The molecular weight excluding hydrogens is 612 g/mol. The van der Waals surface area contributed by atoms with Crippen molar-refractivity contribution >= 4 is 17.8 Å². The Labute approximate surface area is 293 Å². The summed E-state index contributed by atoms with van der Waals surface area (Å²) in [6.45, 7) is 7.71. The van der Waals surface area contributed by atoms with Gasteiger partial charge >= 0.3 is 11.9 Å². The lowest BCUT2D eigenvalue weighted by atomic mass is 9.44. The predicted octanol–water partition coefficient (Wildman–Crippen LogP) is 7.40. The molecule has 1 amide bonds. The Bertz CT molecular complexity index is 1430. The number of esters is 2. The molecule has 7 nitrogen and oxygen atoms in total. The minimum Gasteiger partial charge on any atom is -0.461 e. The van der Waals surface area contributed by atoms with E-state index in [9.17, 15) is 14.4 Å². The number of carbonyl (C=O) groups excluding carboxylic acids is 3. The van der Waals surface area contributed by atoms with Crippen molar-refractivity contribution in [2.75, 3.05) is 6.54 Å².